The molecule has 0 saturated carbocycles. The van der Waals surface area contributed by atoms with E-state index in [9.17, 15) is 10.1 Å². The van der Waals surface area contributed by atoms with Gasteiger partial charge in [-0.2, -0.15) is 10.5 Å². The van der Waals surface area contributed by atoms with Crippen LogP contribution in [0.1, 0.15) is 5.56 Å². The largest absolute Gasteiger partial charge is 0.497 e. The smallest absolute Gasteiger partial charge is 0.266 e. The van der Waals surface area contributed by atoms with Crippen molar-refractivity contribution in [2.24, 2.45) is 0 Å². The molecule has 2 aromatic rings. The zero-order valence-electron chi connectivity index (χ0n) is 12.8. The van der Waals surface area contributed by atoms with E-state index in [-0.39, 0.29) is 5.57 Å². The predicted molar refractivity (Wildman–Crippen MR) is 93.1 cm³/mol. The monoisotopic (exact) mass is 335 g/mol. The minimum absolute atomic E-state index is 0.00403. The predicted octanol–water partition coefficient (Wildman–Crippen LogP) is 3.81. The second kappa shape index (κ2) is 8.42. The van der Waals surface area contributed by atoms with Gasteiger partial charge >= 0.3 is 0 Å². The third kappa shape index (κ3) is 4.64. The van der Waals surface area contributed by atoms with Crippen molar-refractivity contribution in [3.8, 4) is 17.2 Å². The summed E-state index contributed by atoms with van der Waals surface area (Å²) in [5.74, 6) is 0.208. The topological polar surface area (TPSA) is 85.9 Å². The standard InChI is InChI=1S/C18H13N3O2S/c1-23-16-6-2-13(3-7-16)10-14(11-19)18(22)21-15-4-8-17(9-5-15)24-12-20/h2-10H,1H3,(H,21,22)/b14-10+. The van der Waals surface area contributed by atoms with Crippen LogP contribution in [0.4, 0.5) is 5.69 Å². The SMILES string of the molecule is COc1ccc(/C=C(\C#N)C(=O)Nc2ccc(SC#N)cc2)cc1. The van der Waals surface area contributed by atoms with Crippen molar-refractivity contribution in [2.45, 2.75) is 4.90 Å². The molecule has 1 amide bonds. The van der Waals surface area contributed by atoms with E-state index in [1.807, 2.05) is 11.5 Å². The highest BCUT2D eigenvalue weighted by atomic mass is 32.2. The number of carbonyl (C=O) groups is 1. The fourth-order valence-corrected chi connectivity index (χ4v) is 2.25. The van der Waals surface area contributed by atoms with Crippen molar-refractivity contribution in [2.75, 3.05) is 12.4 Å². The maximum atomic E-state index is 12.2. The summed E-state index contributed by atoms with van der Waals surface area (Å²) in [6, 6.07) is 15.7. The summed E-state index contributed by atoms with van der Waals surface area (Å²) in [7, 11) is 1.57. The molecule has 6 heteroatoms. The van der Waals surface area contributed by atoms with E-state index >= 15 is 0 Å². The van der Waals surface area contributed by atoms with E-state index < -0.39 is 5.91 Å². The van der Waals surface area contributed by atoms with Crippen LogP contribution >= 0.6 is 11.8 Å². The van der Waals surface area contributed by atoms with E-state index in [2.05, 4.69) is 5.32 Å². The van der Waals surface area contributed by atoms with Crippen molar-refractivity contribution >= 4 is 29.4 Å². The van der Waals surface area contributed by atoms with Crippen LogP contribution in [0.15, 0.2) is 59.0 Å². The van der Waals surface area contributed by atoms with Crippen LogP contribution in [0.25, 0.3) is 6.08 Å². The van der Waals surface area contributed by atoms with E-state index in [0.29, 0.717) is 11.4 Å². The van der Waals surface area contributed by atoms with Crippen LogP contribution < -0.4 is 10.1 Å². The van der Waals surface area contributed by atoms with Gasteiger partial charge in [-0.15, -0.1) is 0 Å². The van der Waals surface area contributed by atoms with Crippen molar-refractivity contribution in [3.05, 3.63) is 59.7 Å². The van der Waals surface area contributed by atoms with Gasteiger partial charge in [0.25, 0.3) is 5.91 Å². The number of anilines is 1. The lowest BCUT2D eigenvalue weighted by atomic mass is 10.1. The number of hydrogen-bond acceptors (Lipinski definition) is 5. The Morgan fingerprint density at radius 2 is 1.79 bits per heavy atom. The van der Waals surface area contributed by atoms with E-state index in [1.54, 1.807) is 55.6 Å². The molecular weight excluding hydrogens is 322 g/mol. The molecule has 0 fully saturated rings. The zero-order chi connectivity index (χ0) is 17.4. The minimum Gasteiger partial charge on any atom is -0.497 e. The molecule has 0 spiro atoms. The summed E-state index contributed by atoms with van der Waals surface area (Å²) < 4.78 is 5.07. The number of methoxy groups -OCH3 is 1. The van der Waals surface area contributed by atoms with Gasteiger partial charge in [-0.05, 0) is 59.8 Å². The molecule has 0 atom stereocenters. The fourth-order valence-electron chi connectivity index (χ4n) is 1.87. The van der Waals surface area contributed by atoms with Crippen LogP contribution in [0.5, 0.6) is 5.75 Å². The van der Waals surface area contributed by atoms with Crippen molar-refractivity contribution in [1.82, 2.24) is 0 Å². The zero-order valence-corrected chi connectivity index (χ0v) is 13.6. The molecule has 24 heavy (non-hydrogen) atoms. The number of thiocyanates is 1. The average molecular weight is 335 g/mol. The molecule has 1 N–H and O–H groups in total. The van der Waals surface area contributed by atoms with Gasteiger partial charge in [0.15, 0.2) is 0 Å². The van der Waals surface area contributed by atoms with Gasteiger partial charge in [0, 0.05) is 10.6 Å². The second-order valence-corrected chi connectivity index (χ2v) is 5.47. The Morgan fingerprint density at radius 3 is 2.33 bits per heavy atom. The average Bonchev–Trinajstić information content (AvgIpc) is 2.62. The summed E-state index contributed by atoms with van der Waals surface area (Å²) in [6.07, 6.45) is 1.51. The van der Waals surface area contributed by atoms with Gasteiger partial charge in [-0.1, -0.05) is 12.1 Å². The van der Waals surface area contributed by atoms with Gasteiger partial charge in [-0.25, -0.2) is 0 Å². The Morgan fingerprint density at radius 1 is 1.12 bits per heavy atom. The van der Waals surface area contributed by atoms with Crippen molar-refractivity contribution < 1.29 is 9.53 Å². The van der Waals surface area contributed by atoms with E-state index in [0.717, 1.165) is 22.2 Å². The third-order valence-corrected chi connectivity index (χ3v) is 3.67. The molecule has 118 valence electrons. The number of hydrogen-bond donors (Lipinski definition) is 1. The Labute approximate surface area is 144 Å². The molecule has 0 aromatic heterocycles. The molecule has 0 unspecified atom stereocenters. The van der Waals surface area contributed by atoms with Gasteiger partial charge in [-0.3, -0.25) is 4.79 Å². The maximum Gasteiger partial charge on any atom is 0.266 e. The number of ether oxygens (including phenoxy) is 1. The highest BCUT2D eigenvalue weighted by Crippen LogP contribution is 2.20. The van der Waals surface area contributed by atoms with Gasteiger partial charge < -0.3 is 10.1 Å². The molecule has 2 rings (SSSR count). The second-order valence-electron chi connectivity index (χ2n) is 4.61. The summed E-state index contributed by atoms with van der Waals surface area (Å²) in [5.41, 5.74) is 1.28. The maximum absolute atomic E-state index is 12.2. The first-order valence-electron chi connectivity index (χ1n) is 6.89. The Bertz CT molecular complexity index is 829. The molecular formula is C18H13N3O2S. The number of benzene rings is 2. The lowest BCUT2D eigenvalue weighted by Gasteiger charge is -2.05. The fraction of sp³-hybridized carbons (Fsp3) is 0.0556. The van der Waals surface area contributed by atoms with E-state index in [1.165, 1.54) is 6.08 Å². The quantitative estimate of drug-likeness (QED) is 0.388. The van der Waals surface area contributed by atoms with Gasteiger partial charge in [0.1, 0.15) is 22.8 Å². The number of carbonyl (C=O) groups excluding carboxylic acids is 1. The van der Waals surface area contributed by atoms with Crippen molar-refractivity contribution in [1.29, 1.82) is 10.5 Å². The lowest BCUT2D eigenvalue weighted by Crippen LogP contribution is -2.13. The number of amides is 1. The number of nitrogens with one attached hydrogen (secondary N) is 1. The number of nitriles is 2. The first-order valence-corrected chi connectivity index (χ1v) is 7.71. The van der Waals surface area contributed by atoms with Gasteiger partial charge in [0.05, 0.1) is 7.11 Å². The van der Waals surface area contributed by atoms with Crippen LogP contribution in [0.3, 0.4) is 0 Å². The Hall–Kier alpha value is -3.22. The molecule has 0 heterocycles. The van der Waals surface area contributed by atoms with E-state index in [4.69, 9.17) is 10.00 Å². The Balaban J connectivity index is 2.12. The van der Waals surface area contributed by atoms with Crippen LogP contribution in [-0.4, -0.2) is 13.0 Å². The first-order chi connectivity index (χ1) is 11.7. The van der Waals surface area contributed by atoms with Crippen LogP contribution in [0.2, 0.25) is 0 Å². The molecule has 2 aromatic carbocycles. The molecule has 0 saturated heterocycles. The van der Waals surface area contributed by atoms with Gasteiger partial charge in [0.2, 0.25) is 0 Å². The highest BCUT2D eigenvalue weighted by Gasteiger charge is 2.09. The third-order valence-electron chi connectivity index (χ3n) is 3.07. The summed E-state index contributed by atoms with van der Waals surface area (Å²) >= 11 is 1.04. The number of thioether (sulfide) groups is 1. The Kier molecular flexibility index (Phi) is 6.01. The highest BCUT2D eigenvalue weighted by molar-refractivity contribution is 8.03. The molecule has 0 bridgehead atoms. The molecule has 0 radical (unpaired) electrons. The summed E-state index contributed by atoms with van der Waals surface area (Å²) in [4.78, 5) is 13.0. The van der Waals surface area contributed by atoms with Crippen LogP contribution in [-0.2, 0) is 4.79 Å². The van der Waals surface area contributed by atoms with Crippen LogP contribution in [0, 0.1) is 22.0 Å². The first kappa shape index (κ1) is 17.1. The van der Waals surface area contributed by atoms with Crippen molar-refractivity contribution in [3.63, 3.8) is 0 Å². The molecule has 0 aliphatic heterocycles. The minimum atomic E-state index is -0.492. The molecule has 0 aliphatic rings. The number of rotatable bonds is 5. The summed E-state index contributed by atoms with van der Waals surface area (Å²) in [6.45, 7) is 0. The normalized spacial score (nSPS) is 10.4. The number of nitrogens with zero attached hydrogens (tertiary/aromatic N) is 2. The molecule has 0 aliphatic carbocycles. The lowest BCUT2D eigenvalue weighted by molar-refractivity contribution is -0.112. The molecule has 5 nitrogen and oxygen atoms in total. The summed E-state index contributed by atoms with van der Waals surface area (Å²) in [5, 5.41) is 22.4.